The fraction of sp³-hybridized carbons (Fsp3) is 0.286. The summed E-state index contributed by atoms with van der Waals surface area (Å²) >= 11 is 11.5. The lowest BCUT2D eigenvalue weighted by Crippen LogP contribution is -2.01. The molecular formula is C14H14BrClO3S. The molecule has 2 aromatic rings. The van der Waals surface area contributed by atoms with Crippen molar-refractivity contribution in [1.82, 2.24) is 0 Å². The van der Waals surface area contributed by atoms with Gasteiger partial charge in [0.1, 0.15) is 17.2 Å². The van der Waals surface area contributed by atoms with Crippen molar-refractivity contribution < 1.29 is 14.2 Å². The van der Waals surface area contributed by atoms with E-state index in [0.29, 0.717) is 17.2 Å². The van der Waals surface area contributed by atoms with E-state index in [0.717, 1.165) is 15.5 Å². The zero-order valence-corrected chi connectivity index (χ0v) is 14.4. The standard InChI is InChI=1S/C14H14BrClO3S/c1-17-8-6-10(18-2)12(11(7-8)19-3)13(15)14-9(16)4-5-20-14/h4-7,13H,1-3H3. The maximum Gasteiger partial charge on any atom is 0.130 e. The number of halogens is 2. The van der Waals surface area contributed by atoms with Crippen LogP contribution in [0, 0.1) is 0 Å². The molecule has 108 valence electrons. The number of hydrogen-bond donors (Lipinski definition) is 0. The molecule has 0 bridgehead atoms. The molecule has 1 atom stereocenters. The van der Waals surface area contributed by atoms with Crippen LogP contribution < -0.4 is 14.2 Å². The van der Waals surface area contributed by atoms with Crippen LogP contribution in [0.25, 0.3) is 0 Å². The van der Waals surface area contributed by atoms with E-state index < -0.39 is 0 Å². The molecule has 3 nitrogen and oxygen atoms in total. The molecule has 0 spiro atoms. The van der Waals surface area contributed by atoms with Crippen LogP contribution in [0.1, 0.15) is 15.3 Å². The largest absolute Gasteiger partial charge is 0.496 e. The number of rotatable bonds is 5. The van der Waals surface area contributed by atoms with Crippen LogP contribution in [0.3, 0.4) is 0 Å². The summed E-state index contributed by atoms with van der Waals surface area (Å²) in [4.78, 5) is 0.902. The SMILES string of the molecule is COc1cc(OC)c(C(Br)c2sccc2Cl)c(OC)c1. The third kappa shape index (κ3) is 2.90. The number of thiophene rings is 1. The zero-order valence-electron chi connectivity index (χ0n) is 11.3. The monoisotopic (exact) mass is 376 g/mol. The Kier molecular flexibility index (Phi) is 5.18. The van der Waals surface area contributed by atoms with Gasteiger partial charge in [-0.3, -0.25) is 0 Å². The number of alkyl halides is 1. The van der Waals surface area contributed by atoms with Crippen LogP contribution in [0.4, 0.5) is 0 Å². The van der Waals surface area contributed by atoms with Crippen molar-refractivity contribution in [3.8, 4) is 17.2 Å². The molecule has 0 N–H and O–H groups in total. The number of hydrogen-bond acceptors (Lipinski definition) is 4. The molecule has 0 radical (unpaired) electrons. The Morgan fingerprint density at radius 3 is 2.10 bits per heavy atom. The predicted octanol–water partition coefficient (Wildman–Crippen LogP) is 4.91. The fourth-order valence-corrected chi connectivity index (χ4v) is 4.20. The van der Waals surface area contributed by atoms with Gasteiger partial charge in [0.2, 0.25) is 0 Å². The lowest BCUT2D eigenvalue weighted by molar-refractivity contribution is 0.370. The summed E-state index contributed by atoms with van der Waals surface area (Å²) < 4.78 is 16.2. The van der Waals surface area contributed by atoms with E-state index in [-0.39, 0.29) is 4.83 Å². The van der Waals surface area contributed by atoms with E-state index in [2.05, 4.69) is 15.9 Å². The smallest absolute Gasteiger partial charge is 0.130 e. The summed E-state index contributed by atoms with van der Waals surface area (Å²) in [6, 6.07) is 5.53. The molecule has 0 aliphatic carbocycles. The van der Waals surface area contributed by atoms with Crippen LogP contribution in [0.15, 0.2) is 23.6 Å². The van der Waals surface area contributed by atoms with Crippen molar-refractivity contribution in [3.63, 3.8) is 0 Å². The Morgan fingerprint density at radius 2 is 1.70 bits per heavy atom. The molecule has 0 saturated heterocycles. The minimum absolute atomic E-state index is 0.106. The van der Waals surface area contributed by atoms with Gasteiger partial charge in [0, 0.05) is 17.0 Å². The Bertz CT molecular complexity index is 575. The van der Waals surface area contributed by atoms with E-state index >= 15 is 0 Å². The van der Waals surface area contributed by atoms with Crippen molar-refractivity contribution >= 4 is 38.9 Å². The van der Waals surface area contributed by atoms with Gasteiger partial charge in [-0.2, -0.15) is 0 Å². The minimum atomic E-state index is -0.106. The van der Waals surface area contributed by atoms with Crippen LogP contribution in [0.5, 0.6) is 17.2 Å². The second-order valence-electron chi connectivity index (χ2n) is 3.94. The first-order valence-electron chi connectivity index (χ1n) is 5.79. The summed E-state index contributed by atoms with van der Waals surface area (Å²) in [5.74, 6) is 2.06. The van der Waals surface area contributed by atoms with Gasteiger partial charge >= 0.3 is 0 Å². The second-order valence-corrected chi connectivity index (χ2v) is 6.21. The molecule has 0 amide bonds. The van der Waals surface area contributed by atoms with Crippen LogP contribution in [-0.4, -0.2) is 21.3 Å². The lowest BCUT2D eigenvalue weighted by atomic mass is 10.1. The normalized spacial score (nSPS) is 12.1. The van der Waals surface area contributed by atoms with Gasteiger partial charge in [-0.05, 0) is 11.4 Å². The summed E-state index contributed by atoms with van der Waals surface area (Å²) in [6.07, 6.45) is 0. The highest BCUT2D eigenvalue weighted by Gasteiger charge is 2.24. The van der Waals surface area contributed by atoms with Gasteiger partial charge in [0.05, 0.1) is 36.7 Å². The Balaban J connectivity index is 2.57. The first-order valence-corrected chi connectivity index (χ1v) is 7.96. The maximum atomic E-state index is 6.21. The highest BCUT2D eigenvalue weighted by Crippen LogP contribution is 2.47. The van der Waals surface area contributed by atoms with E-state index in [9.17, 15) is 0 Å². The lowest BCUT2D eigenvalue weighted by Gasteiger charge is -2.18. The van der Waals surface area contributed by atoms with E-state index in [1.807, 2.05) is 23.6 Å². The summed E-state index contributed by atoms with van der Waals surface area (Å²) in [5.41, 5.74) is 0.889. The van der Waals surface area contributed by atoms with Crippen molar-refractivity contribution in [3.05, 3.63) is 39.0 Å². The van der Waals surface area contributed by atoms with Gasteiger partial charge < -0.3 is 14.2 Å². The number of ether oxygens (including phenoxy) is 3. The number of benzene rings is 1. The molecule has 1 aromatic carbocycles. The summed E-state index contributed by atoms with van der Waals surface area (Å²) in [7, 11) is 4.84. The van der Waals surface area contributed by atoms with E-state index in [1.54, 1.807) is 32.7 Å². The van der Waals surface area contributed by atoms with Crippen molar-refractivity contribution in [2.45, 2.75) is 4.83 Å². The molecule has 2 rings (SSSR count). The molecule has 1 unspecified atom stereocenters. The quantitative estimate of drug-likeness (QED) is 0.693. The van der Waals surface area contributed by atoms with Crippen LogP contribution in [-0.2, 0) is 0 Å². The molecule has 1 aromatic heterocycles. The van der Waals surface area contributed by atoms with E-state index in [4.69, 9.17) is 25.8 Å². The zero-order chi connectivity index (χ0) is 14.7. The molecule has 0 aliphatic rings. The third-order valence-electron chi connectivity index (χ3n) is 2.88. The highest BCUT2D eigenvalue weighted by molar-refractivity contribution is 9.09. The molecule has 20 heavy (non-hydrogen) atoms. The Hall–Kier alpha value is -0.910. The Labute approximate surface area is 135 Å². The van der Waals surface area contributed by atoms with E-state index in [1.165, 1.54) is 0 Å². The summed E-state index contributed by atoms with van der Waals surface area (Å²) in [5, 5.41) is 2.67. The summed E-state index contributed by atoms with van der Waals surface area (Å²) in [6.45, 7) is 0. The molecule has 0 saturated carbocycles. The van der Waals surface area contributed by atoms with Gasteiger partial charge in [0.15, 0.2) is 0 Å². The molecule has 1 heterocycles. The van der Waals surface area contributed by atoms with Crippen molar-refractivity contribution in [2.75, 3.05) is 21.3 Å². The first-order chi connectivity index (χ1) is 9.62. The van der Waals surface area contributed by atoms with Crippen LogP contribution >= 0.6 is 38.9 Å². The third-order valence-corrected chi connectivity index (χ3v) is 5.52. The van der Waals surface area contributed by atoms with Crippen molar-refractivity contribution in [1.29, 1.82) is 0 Å². The topological polar surface area (TPSA) is 27.7 Å². The second kappa shape index (κ2) is 6.70. The predicted molar refractivity (Wildman–Crippen MR) is 86.2 cm³/mol. The fourth-order valence-electron chi connectivity index (χ4n) is 1.90. The molecule has 0 fully saturated rings. The van der Waals surface area contributed by atoms with Crippen molar-refractivity contribution in [2.24, 2.45) is 0 Å². The van der Waals surface area contributed by atoms with Crippen LogP contribution in [0.2, 0.25) is 5.02 Å². The Morgan fingerprint density at radius 1 is 1.10 bits per heavy atom. The number of methoxy groups -OCH3 is 3. The maximum absolute atomic E-state index is 6.21. The van der Waals surface area contributed by atoms with Gasteiger partial charge in [-0.15, -0.1) is 11.3 Å². The molecule has 0 aliphatic heterocycles. The molecule has 6 heteroatoms. The van der Waals surface area contributed by atoms with Gasteiger partial charge in [0.25, 0.3) is 0 Å². The minimum Gasteiger partial charge on any atom is -0.496 e. The average Bonchev–Trinajstić information content (AvgIpc) is 2.91. The molecular weight excluding hydrogens is 364 g/mol. The van der Waals surface area contributed by atoms with Gasteiger partial charge in [-0.1, -0.05) is 27.5 Å². The first kappa shape index (κ1) is 15.5. The average molecular weight is 378 g/mol. The highest BCUT2D eigenvalue weighted by atomic mass is 79.9. The van der Waals surface area contributed by atoms with Gasteiger partial charge in [-0.25, -0.2) is 0 Å².